The normalized spacial score (nSPS) is 14.5. The van der Waals surface area contributed by atoms with E-state index in [9.17, 15) is 4.79 Å². The van der Waals surface area contributed by atoms with Gasteiger partial charge in [-0.05, 0) is 32.6 Å². The lowest BCUT2D eigenvalue weighted by atomic mass is 10.2. The van der Waals surface area contributed by atoms with Crippen molar-refractivity contribution in [3.8, 4) is 0 Å². The van der Waals surface area contributed by atoms with Gasteiger partial charge in [-0.1, -0.05) is 0 Å². The van der Waals surface area contributed by atoms with Gasteiger partial charge in [-0.15, -0.1) is 0 Å². The summed E-state index contributed by atoms with van der Waals surface area (Å²) >= 11 is 0. The van der Waals surface area contributed by atoms with Gasteiger partial charge in [0.2, 0.25) is 5.91 Å². The van der Waals surface area contributed by atoms with Crippen molar-refractivity contribution in [2.24, 2.45) is 5.92 Å². The standard InChI is InChI=1S/C13H18N6O/c1-8-9(2)18-13-16-7-17-19(13)12(8)15-6-11(20)14-5-10-3-4-10/h7,10,15H,3-6H2,1-2H3,(H,14,20). The number of anilines is 1. The average Bonchev–Trinajstić information content (AvgIpc) is 3.15. The Morgan fingerprint density at radius 3 is 3.00 bits per heavy atom. The first kappa shape index (κ1) is 12.8. The van der Waals surface area contributed by atoms with Crippen LogP contribution >= 0.6 is 0 Å². The van der Waals surface area contributed by atoms with Gasteiger partial charge in [0.15, 0.2) is 0 Å². The van der Waals surface area contributed by atoms with E-state index in [1.165, 1.54) is 19.2 Å². The van der Waals surface area contributed by atoms with Gasteiger partial charge < -0.3 is 10.6 Å². The van der Waals surface area contributed by atoms with Gasteiger partial charge in [0.1, 0.15) is 12.1 Å². The molecule has 1 fully saturated rings. The van der Waals surface area contributed by atoms with E-state index in [4.69, 9.17) is 0 Å². The summed E-state index contributed by atoms with van der Waals surface area (Å²) in [4.78, 5) is 20.2. The molecule has 0 aromatic carbocycles. The Hall–Kier alpha value is -2.18. The van der Waals surface area contributed by atoms with Crippen molar-refractivity contribution in [3.05, 3.63) is 17.6 Å². The molecule has 0 saturated heterocycles. The van der Waals surface area contributed by atoms with E-state index in [1.807, 2.05) is 13.8 Å². The number of carbonyl (C=O) groups is 1. The number of aromatic nitrogens is 4. The van der Waals surface area contributed by atoms with Crippen LogP contribution in [0.3, 0.4) is 0 Å². The third kappa shape index (κ3) is 2.56. The van der Waals surface area contributed by atoms with Crippen LogP contribution in [-0.2, 0) is 4.79 Å². The molecule has 0 radical (unpaired) electrons. The Bertz CT molecular complexity index is 646. The van der Waals surface area contributed by atoms with Gasteiger partial charge in [-0.25, -0.2) is 4.98 Å². The molecule has 0 atom stereocenters. The number of amides is 1. The smallest absolute Gasteiger partial charge is 0.254 e. The maximum absolute atomic E-state index is 11.8. The summed E-state index contributed by atoms with van der Waals surface area (Å²) in [6.45, 7) is 4.88. The van der Waals surface area contributed by atoms with Crippen molar-refractivity contribution >= 4 is 17.5 Å². The van der Waals surface area contributed by atoms with E-state index in [2.05, 4.69) is 25.7 Å². The first-order valence-corrected chi connectivity index (χ1v) is 6.82. The Labute approximate surface area is 116 Å². The van der Waals surface area contributed by atoms with Gasteiger partial charge in [0.25, 0.3) is 5.78 Å². The number of rotatable bonds is 5. The minimum atomic E-state index is -0.000898. The summed E-state index contributed by atoms with van der Waals surface area (Å²) < 4.78 is 1.62. The molecule has 106 valence electrons. The highest BCUT2D eigenvalue weighted by atomic mass is 16.1. The largest absolute Gasteiger partial charge is 0.361 e. The predicted molar refractivity (Wildman–Crippen MR) is 74.5 cm³/mol. The zero-order valence-electron chi connectivity index (χ0n) is 11.7. The highest BCUT2D eigenvalue weighted by Gasteiger charge is 2.21. The van der Waals surface area contributed by atoms with Gasteiger partial charge in [-0.2, -0.15) is 14.6 Å². The van der Waals surface area contributed by atoms with Crippen LogP contribution in [0, 0.1) is 19.8 Å². The number of aryl methyl sites for hydroxylation is 1. The highest BCUT2D eigenvalue weighted by molar-refractivity contribution is 5.80. The molecule has 0 spiro atoms. The molecular weight excluding hydrogens is 256 g/mol. The molecule has 1 amide bonds. The fourth-order valence-corrected chi connectivity index (χ4v) is 2.05. The van der Waals surface area contributed by atoms with Crippen molar-refractivity contribution in [2.45, 2.75) is 26.7 Å². The zero-order valence-corrected chi connectivity index (χ0v) is 11.7. The third-order valence-electron chi connectivity index (χ3n) is 3.61. The second kappa shape index (κ2) is 5.07. The molecule has 1 aliphatic carbocycles. The summed E-state index contributed by atoms with van der Waals surface area (Å²) in [5.74, 6) is 1.99. The quantitative estimate of drug-likeness (QED) is 0.837. The molecule has 7 heteroatoms. The SMILES string of the molecule is Cc1nc2ncnn2c(NCC(=O)NCC2CC2)c1C. The molecule has 20 heavy (non-hydrogen) atoms. The minimum absolute atomic E-state index is 0.000898. The van der Waals surface area contributed by atoms with Crippen molar-refractivity contribution in [2.75, 3.05) is 18.4 Å². The van der Waals surface area contributed by atoms with Crippen molar-refractivity contribution < 1.29 is 4.79 Å². The number of fused-ring (bicyclic) bond motifs is 1. The Balaban J connectivity index is 1.71. The first-order chi connectivity index (χ1) is 9.65. The van der Waals surface area contributed by atoms with Crippen LogP contribution in [0.2, 0.25) is 0 Å². The van der Waals surface area contributed by atoms with Gasteiger partial charge >= 0.3 is 0 Å². The third-order valence-corrected chi connectivity index (χ3v) is 3.61. The Morgan fingerprint density at radius 1 is 1.45 bits per heavy atom. The van der Waals surface area contributed by atoms with E-state index < -0.39 is 0 Å². The Morgan fingerprint density at radius 2 is 2.25 bits per heavy atom. The predicted octanol–water partition coefficient (Wildman–Crippen LogP) is 0.679. The minimum Gasteiger partial charge on any atom is -0.361 e. The van der Waals surface area contributed by atoms with E-state index in [1.54, 1.807) is 4.52 Å². The number of hydrogen-bond acceptors (Lipinski definition) is 5. The van der Waals surface area contributed by atoms with E-state index in [0.717, 1.165) is 23.6 Å². The maximum atomic E-state index is 11.8. The molecule has 1 saturated carbocycles. The number of nitrogens with zero attached hydrogens (tertiary/aromatic N) is 4. The molecule has 2 aromatic heterocycles. The summed E-state index contributed by atoms with van der Waals surface area (Å²) in [6, 6.07) is 0. The second-order valence-electron chi connectivity index (χ2n) is 5.24. The number of nitrogens with one attached hydrogen (secondary N) is 2. The molecule has 2 aromatic rings. The van der Waals surface area contributed by atoms with Crippen LogP contribution in [-0.4, -0.2) is 38.6 Å². The van der Waals surface area contributed by atoms with Crippen molar-refractivity contribution in [1.82, 2.24) is 24.9 Å². The van der Waals surface area contributed by atoms with Crippen LogP contribution in [0.25, 0.3) is 5.78 Å². The van der Waals surface area contributed by atoms with Crippen LogP contribution in [0.4, 0.5) is 5.82 Å². The molecular formula is C13H18N6O. The van der Waals surface area contributed by atoms with E-state index >= 15 is 0 Å². The van der Waals surface area contributed by atoms with Gasteiger partial charge in [-0.3, -0.25) is 4.79 Å². The molecule has 1 aliphatic rings. The zero-order chi connectivity index (χ0) is 14.1. The molecule has 3 rings (SSSR count). The summed E-state index contributed by atoms with van der Waals surface area (Å²) in [5, 5.41) is 10.2. The van der Waals surface area contributed by atoms with Crippen LogP contribution in [0.5, 0.6) is 0 Å². The van der Waals surface area contributed by atoms with Gasteiger partial charge in [0.05, 0.1) is 6.54 Å². The van der Waals surface area contributed by atoms with Crippen LogP contribution in [0.1, 0.15) is 24.1 Å². The molecule has 0 aliphatic heterocycles. The lowest BCUT2D eigenvalue weighted by molar-refractivity contribution is -0.119. The molecule has 7 nitrogen and oxygen atoms in total. The van der Waals surface area contributed by atoms with E-state index in [0.29, 0.717) is 11.7 Å². The van der Waals surface area contributed by atoms with Crippen molar-refractivity contribution in [3.63, 3.8) is 0 Å². The van der Waals surface area contributed by atoms with Crippen LogP contribution < -0.4 is 10.6 Å². The van der Waals surface area contributed by atoms with Crippen molar-refractivity contribution in [1.29, 1.82) is 0 Å². The Kier molecular flexibility index (Phi) is 3.25. The first-order valence-electron chi connectivity index (χ1n) is 6.82. The fourth-order valence-electron chi connectivity index (χ4n) is 2.05. The maximum Gasteiger partial charge on any atom is 0.254 e. The molecule has 2 N–H and O–H groups in total. The molecule has 0 unspecified atom stereocenters. The average molecular weight is 274 g/mol. The highest BCUT2D eigenvalue weighted by Crippen LogP contribution is 2.27. The number of carbonyl (C=O) groups excluding carboxylic acids is 1. The number of hydrogen-bond donors (Lipinski definition) is 2. The summed E-state index contributed by atoms with van der Waals surface area (Å²) in [6.07, 6.45) is 3.92. The summed E-state index contributed by atoms with van der Waals surface area (Å²) in [5.41, 5.74) is 1.85. The summed E-state index contributed by atoms with van der Waals surface area (Å²) in [7, 11) is 0. The van der Waals surface area contributed by atoms with E-state index in [-0.39, 0.29) is 12.5 Å². The molecule has 2 heterocycles. The fraction of sp³-hybridized carbons (Fsp3) is 0.538. The second-order valence-corrected chi connectivity index (χ2v) is 5.24. The van der Waals surface area contributed by atoms with Crippen LogP contribution in [0.15, 0.2) is 6.33 Å². The molecule has 0 bridgehead atoms. The topological polar surface area (TPSA) is 84.2 Å². The monoisotopic (exact) mass is 274 g/mol. The lowest BCUT2D eigenvalue weighted by Crippen LogP contribution is -2.32. The van der Waals surface area contributed by atoms with Gasteiger partial charge in [0, 0.05) is 17.8 Å². The lowest BCUT2D eigenvalue weighted by Gasteiger charge is -2.12.